The Morgan fingerprint density at radius 1 is 1.18 bits per heavy atom. The molecular formula is C21H33N3O4. The van der Waals surface area contributed by atoms with Gasteiger partial charge < -0.3 is 20.7 Å². The van der Waals surface area contributed by atoms with Crippen molar-refractivity contribution in [1.29, 1.82) is 0 Å². The first-order chi connectivity index (χ1) is 13.4. The molecular weight excluding hydrogens is 358 g/mol. The second-order valence-corrected chi connectivity index (χ2v) is 6.99. The molecule has 0 bridgehead atoms. The zero-order valence-corrected chi connectivity index (χ0v) is 17.1. The lowest BCUT2D eigenvalue weighted by molar-refractivity contribution is -0.136. The number of carbonyl (C=O) groups excluding carboxylic acids is 3. The van der Waals surface area contributed by atoms with Crippen LogP contribution in [0.1, 0.15) is 31.7 Å². The summed E-state index contributed by atoms with van der Waals surface area (Å²) in [7, 11) is 3.28. The van der Waals surface area contributed by atoms with Gasteiger partial charge in [0.05, 0.1) is 12.5 Å². The summed E-state index contributed by atoms with van der Waals surface area (Å²) in [6, 6.07) is 9.85. The van der Waals surface area contributed by atoms with Gasteiger partial charge in [-0.15, -0.1) is 0 Å². The molecule has 1 aromatic rings. The molecule has 1 rings (SSSR count). The van der Waals surface area contributed by atoms with E-state index in [9.17, 15) is 14.4 Å². The van der Waals surface area contributed by atoms with E-state index in [0.717, 1.165) is 5.56 Å². The number of rotatable bonds is 13. The van der Waals surface area contributed by atoms with E-state index in [1.54, 1.807) is 19.1 Å². The second kappa shape index (κ2) is 12.9. The van der Waals surface area contributed by atoms with Crippen LogP contribution in [0.2, 0.25) is 0 Å². The Labute approximate surface area is 167 Å². The van der Waals surface area contributed by atoms with Crippen molar-refractivity contribution < 1.29 is 19.1 Å². The predicted molar refractivity (Wildman–Crippen MR) is 108 cm³/mol. The van der Waals surface area contributed by atoms with Gasteiger partial charge in [0, 0.05) is 39.6 Å². The molecule has 0 unspecified atom stereocenters. The summed E-state index contributed by atoms with van der Waals surface area (Å²) in [5.41, 5.74) is 6.46. The van der Waals surface area contributed by atoms with E-state index in [1.807, 2.05) is 37.3 Å². The number of amides is 3. The van der Waals surface area contributed by atoms with Gasteiger partial charge in [-0.25, -0.2) is 0 Å². The number of benzene rings is 1. The highest BCUT2D eigenvalue weighted by Gasteiger charge is 2.24. The summed E-state index contributed by atoms with van der Waals surface area (Å²) in [4.78, 5) is 38.2. The molecule has 0 heterocycles. The first-order valence-corrected chi connectivity index (χ1v) is 9.72. The van der Waals surface area contributed by atoms with Crippen molar-refractivity contribution in [2.24, 2.45) is 17.6 Å². The monoisotopic (exact) mass is 391 g/mol. The first kappa shape index (κ1) is 23.6. The lowest BCUT2D eigenvalue weighted by Crippen LogP contribution is -2.40. The van der Waals surface area contributed by atoms with Crippen molar-refractivity contribution >= 4 is 17.7 Å². The molecule has 0 saturated carbocycles. The fourth-order valence-electron chi connectivity index (χ4n) is 2.85. The third-order valence-electron chi connectivity index (χ3n) is 4.89. The van der Waals surface area contributed by atoms with Gasteiger partial charge in [0.15, 0.2) is 0 Å². The molecule has 0 aliphatic carbocycles. The summed E-state index contributed by atoms with van der Waals surface area (Å²) < 4.78 is 5.00. The van der Waals surface area contributed by atoms with E-state index in [4.69, 9.17) is 10.5 Å². The topological polar surface area (TPSA) is 102 Å². The zero-order valence-electron chi connectivity index (χ0n) is 17.1. The Hall–Kier alpha value is -2.41. The van der Waals surface area contributed by atoms with E-state index in [-0.39, 0.29) is 24.8 Å². The number of aryl methyl sites for hydroxylation is 1. The molecule has 0 spiro atoms. The minimum Gasteiger partial charge on any atom is -0.383 e. The summed E-state index contributed by atoms with van der Waals surface area (Å²) in [6.45, 7) is 2.96. The molecule has 0 saturated heterocycles. The number of nitrogens with zero attached hydrogens (tertiary/aromatic N) is 1. The minimum absolute atomic E-state index is 0.104. The molecule has 0 aliphatic rings. The SMILES string of the molecule is CC[C@H](CNC(=O)[C@H](CCc1ccccc1)CC(=O)N(C)CCOC)C(N)=O. The smallest absolute Gasteiger partial charge is 0.223 e. The van der Waals surface area contributed by atoms with Gasteiger partial charge in [-0.05, 0) is 24.8 Å². The van der Waals surface area contributed by atoms with Gasteiger partial charge in [-0.1, -0.05) is 37.3 Å². The van der Waals surface area contributed by atoms with Crippen molar-refractivity contribution in [2.45, 2.75) is 32.6 Å². The van der Waals surface area contributed by atoms with Crippen LogP contribution in [0, 0.1) is 11.8 Å². The number of carbonyl (C=O) groups is 3. The highest BCUT2D eigenvalue weighted by Crippen LogP contribution is 2.16. The first-order valence-electron chi connectivity index (χ1n) is 9.72. The Balaban J connectivity index is 2.73. The highest BCUT2D eigenvalue weighted by molar-refractivity contribution is 5.86. The summed E-state index contributed by atoms with van der Waals surface area (Å²) in [5.74, 6) is -1.63. The maximum Gasteiger partial charge on any atom is 0.223 e. The van der Waals surface area contributed by atoms with Gasteiger partial charge in [-0.2, -0.15) is 0 Å². The van der Waals surface area contributed by atoms with E-state index in [2.05, 4.69) is 5.32 Å². The lowest BCUT2D eigenvalue weighted by Gasteiger charge is -2.22. The fraction of sp³-hybridized carbons (Fsp3) is 0.571. The largest absolute Gasteiger partial charge is 0.383 e. The lowest BCUT2D eigenvalue weighted by atomic mass is 9.94. The van der Waals surface area contributed by atoms with Gasteiger partial charge in [-0.3, -0.25) is 14.4 Å². The number of ether oxygens (including phenoxy) is 1. The summed E-state index contributed by atoms with van der Waals surface area (Å²) >= 11 is 0. The van der Waals surface area contributed by atoms with Crippen LogP contribution in [-0.2, 0) is 25.5 Å². The normalized spacial score (nSPS) is 12.8. The molecule has 0 radical (unpaired) electrons. The number of nitrogens with one attached hydrogen (secondary N) is 1. The molecule has 7 heteroatoms. The maximum atomic E-state index is 12.7. The van der Waals surface area contributed by atoms with Crippen molar-refractivity contribution in [2.75, 3.05) is 33.9 Å². The average Bonchev–Trinajstić information content (AvgIpc) is 2.69. The van der Waals surface area contributed by atoms with Crippen molar-refractivity contribution in [1.82, 2.24) is 10.2 Å². The Bertz CT molecular complexity index is 621. The van der Waals surface area contributed by atoms with Crippen LogP contribution in [0.5, 0.6) is 0 Å². The molecule has 3 N–H and O–H groups in total. The quantitative estimate of drug-likeness (QED) is 0.530. The van der Waals surface area contributed by atoms with Crippen LogP contribution in [0.4, 0.5) is 0 Å². The van der Waals surface area contributed by atoms with Gasteiger partial charge in [0.2, 0.25) is 17.7 Å². The van der Waals surface area contributed by atoms with Crippen LogP contribution in [0.15, 0.2) is 30.3 Å². The third-order valence-corrected chi connectivity index (χ3v) is 4.89. The van der Waals surface area contributed by atoms with Crippen LogP contribution in [-0.4, -0.2) is 56.5 Å². The number of hydrogen-bond acceptors (Lipinski definition) is 4. The Morgan fingerprint density at radius 3 is 2.43 bits per heavy atom. The average molecular weight is 392 g/mol. The van der Waals surface area contributed by atoms with Crippen molar-refractivity contribution in [3.63, 3.8) is 0 Å². The van der Waals surface area contributed by atoms with Crippen LogP contribution < -0.4 is 11.1 Å². The van der Waals surface area contributed by atoms with E-state index in [0.29, 0.717) is 32.4 Å². The molecule has 28 heavy (non-hydrogen) atoms. The third kappa shape index (κ3) is 8.52. The number of likely N-dealkylation sites (N-methyl/N-ethyl adjacent to an activating group) is 1. The predicted octanol–water partition coefficient (Wildman–Crippen LogP) is 1.36. The van der Waals surface area contributed by atoms with Crippen LogP contribution >= 0.6 is 0 Å². The molecule has 0 fully saturated rings. The number of nitrogens with two attached hydrogens (primary N) is 1. The molecule has 0 aliphatic heterocycles. The second-order valence-electron chi connectivity index (χ2n) is 6.99. The molecule has 1 aromatic carbocycles. The highest BCUT2D eigenvalue weighted by atomic mass is 16.5. The van der Waals surface area contributed by atoms with Crippen LogP contribution in [0.3, 0.4) is 0 Å². The zero-order chi connectivity index (χ0) is 20.9. The van der Waals surface area contributed by atoms with Crippen LogP contribution in [0.25, 0.3) is 0 Å². The molecule has 7 nitrogen and oxygen atoms in total. The molecule has 2 atom stereocenters. The number of hydrogen-bond donors (Lipinski definition) is 2. The van der Waals surface area contributed by atoms with Crippen molar-refractivity contribution in [3.8, 4) is 0 Å². The standard InChI is InChI=1S/C21H33N3O4/c1-4-17(20(22)26)15-23-21(27)18(11-10-16-8-6-5-7-9-16)14-19(25)24(2)12-13-28-3/h5-9,17-18H,4,10-15H2,1-3H3,(H2,22,26)(H,23,27)/t17-,18-/m1/s1. The van der Waals surface area contributed by atoms with E-state index < -0.39 is 17.7 Å². The van der Waals surface area contributed by atoms with Gasteiger partial charge >= 0.3 is 0 Å². The molecule has 156 valence electrons. The van der Waals surface area contributed by atoms with E-state index >= 15 is 0 Å². The Kier molecular flexibility index (Phi) is 10.9. The fourth-order valence-corrected chi connectivity index (χ4v) is 2.85. The van der Waals surface area contributed by atoms with Gasteiger partial charge in [0.1, 0.15) is 0 Å². The summed E-state index contributed by atoms with van der Waals surface area (Å²) in [5, 5.41) is 2.80. The minimum atomic E-state index is -0.469. The van der Waals surface area contributed by atoms with E-state index in [1.165, 1.54) is 0 Å². The molecule has 3 amide bonds. The van der Waals surface area contributed by atoms with Gasteiger partial charge in [0.25, 0.3) is 0 Å². The summed E-state index contributed by atoms with van der Waals surface area (Å²) in [6.07, 6.45) is 1.92. The molecule has 0 aromatic heterocycles. The number of methoxy groups -OCH3 is 1. The Morgan fingerprint density at radius 2 is 1.86 bits per heavy atom. The van der Waals surface area contributed by atoms with Crippen molar-refractivity contribution in [3.05, 3.63) is 35.9 Å². The maximum absolute atomic E-state index is 12.7. The number of primary amides is 1.